The molecule has 1 aromatic heterocycles. The molecule has 0 saturated heterocycles. The van der Waals surface area contributed by atoms with Gasteiger partial charge in [-0.05, 0) is 54.8 Å². The number of hydrogen-bond donors (Lipinski definition) is 1. The van der Waals surface area contributed by atoms with Crippen LogP contribution in [0.25, 0.3) is 11.0 Å². The van der Waals surface area contributed by atoms with Crippen LogP contribution in [0.2, 0.25) is 0 Å². The van der Waals surface area contributed by atoms with Crippen molar-refractivity contribution < 1.29 is 19.0 Å². The van der Waals surface area contributed by atoms with Crippen molar-refractivity contribution in [2.75, 3.05) is 27.4 Å². The molecule has 0 unspecified atom stereocenters. The van der Waals surface area contributed by atoms with E-state index >= 15 is 0 Å². The highest BCUT2D eigenvalue weighted by Crippen LogP contribution is 2.27. The number of nitrogens with zero attached hydrogens (tertiary/aromatic N) is 2. The first-order valence-electron chi connectivity index (χ1n) is 12.8. The van der Waals surface area contributed by atoms with Crippen molar-refractivity contribution in [1.82, 2.24) is 14.9 Å². The number of aromatic nitrogens is 2. The number of fused-ring (bicyclic) bond motifs is 1. The lowest BCUT2D eigenvalue weighted by Crippen LogP contribution is -2.26. The van der Waals surface area contributed by atoms with E-state index in [9.17, 15) is 4.79 Å². The quantitative estimate of drug-likeness (QED) is 0.240. The van der Waals surface area contributed by atoms with Gasteiger partial charge in [-0.25, -0.2) is 4.98 Å². The standard InChI is InChI=1S/C30H35N3O4/c1-35-27-17-16-23(21-28(27)36-2)22-30(34)31-18-10-4-7-15-29-32-25-13-8-9-14-26(25)33(29)19-20-37-24-11-5-3-6-12-24/h3,5-6,8-9,11-14,16-17,21H,4,7,10,15,18-20,22H2,1-2H3,(H,31,34). The normalized spacial score (nSPS) is 10.9. The molecular weight excluding hydrogens is 466 g/mol. The maximum Gasteiger partial charge on any atom is 0.224 e. The molecule has 1 N–H and O–H groups in total. The van der Waals surface area contributed by atoms with Gasteiger partial charge in [-0.3, -0.25) is 4.79 Å². The number of hydrogen-bond acceptors (Lipinski definition) is 5. The van der Waals surface area contributed by atoms with Crippen molar-refractivity contribution in [3.63, 3.8) is 0 Å². The Kier molecular flexibility index (Phi) is 9.41. The Balaban J connectivity index is 1.22. The van der Waals surface area contributed by atoms with Crippen molar-refractivity contribution in [3.05, 3.63) is 84.2 Å². The Hall–Kier alpha value is -4.00. The minimum absolute atomic E-state index is 0.00688. The van der Waals surface area contributed by atoms with E-state index in [-0.39, 0.29) is 5.91 Å². The maximum absolute atomic E-state index is 12.4. The van der Waals surface area contributed by atoms with Crippen molar-refractivity contribution in [2.24, 2.45) is 0 Å². The highest BCUT2D eigenvalue weighted by molar-refractivity contribution is 5.78. The molecule has 1 heterocycles. The van der Waals surface area contributed by atoms with Crippen LogP contribution < -0.4 is 19.5 Å². The van der Waals surface area contributed by atoms with Crippen LogP contribution in [0.1, 0.15) is 30.7 Å². The summed E-state index contributed by atoms with van der Waals surface area (Å²) in [4.78, 5) is 17.2. The molecule has 0 atom stereocenters. The molecule has 7 heteroatoms. The predicted octanol–water partition coefficient (Wildman–Crippen LogP) is 5.20. The monoisotopic (exact) mass is 501 g/mol. The van der Waals surface area contributed by atoms with Gasteiger partial charge in [0.25, 0.3) is 0 Å². The Bertz CT molecular complexity index is 1290. The molecule has 0 aliphatic rings. The van der Waals surface area contributed by atoms with Gasteiger partial charge < -0.3 is 24.1 Å². The van der Waals surface area contributed by atoms with Crippen LogP contribution in [-0.4, -0.2) is 42.8 Å². The molecule has 3 aromatic carbocycles. The van der Waals surface area contributed by atoms with Crippen molar-refractivity contribution in [2.45, 2.75) is 38.6 Å². The van der Waals surface area contributed by atoms with Crippen molar-refractivity contribution in [3.8, 4) is 17.2 Å². The summed E-state index contributed by atoms with van der Waals surface area (Å²) in [6.45, 7) is 1.99. The third kappa shape index (κ3) is 7.26. The highest BCUT2D eigenvalue weighted by Gasteiger charge is 2.11. The third-order valence-corrected chi connectivity index (χ3v) is 6.27. The summed E-state index contributed by atoms with van der Waals surface area (Å²) < 4.78 is 18.8. The number of carbonyl (C=O) groups is 1. The molecule has 0 saturated carbocycles. The van der Waals surface area contributed by atoms with Crippen LogP contribution in [0.4, 0.5) is 0 Å². The van der Waals surface area contributed by atoms with Crippen molar-refractivity contribution >= 4 is 16.9 Å². The van der Waals surface area contributed by atoms with E-state index in [1.165, 1.54) is 0 Å². The topological polar surface area (TPSA) is 74.6 Å². The molecule has 4 rings (SSSR count). The summed E-state index contributed by atoms with van der Waals surface area (Å²) >= 11 is 0. The average Bonchev–Trinajstić information content (AvgIpc) is 3.28. The first-order chi connectivity index (χ1) is 18.2. The van der Waals surface area contributed by atoms with Gasteiger partial charge in [-0.15, -0.1) is 0 Å². The summed E-state index contributed by atoms with van der Waals surface area (Å²) in [5, 5.41) is 3.02. The molecule has 0 aliphatic heterocycles. The van der Waals surface area contributed by atoms with Gasteiger partial charge in [0, 0.05) is 13.0 Å². The second kappa shape index (κ2) is 13.3. The first kappa shape index (κ1) is 26.1. The minimum Gasteiger partial charge on any atom is -0.493 e. The van der Waals surface area contributed by atoms with Crippen LogP contribution in [0.5, 0.6) is 17.2 Å². The number of unbranched alkanes of at least 4 members (excludes halogenated alkanes) is 2. The fraction of sp³-hybridized carbons (Fsp3) is 0.333. The molecule has 0 fully saturated rings. The highest BCUT2D eigenvalue weighted by atomic mass is 16.5. The van der Waals surface area contributed by atoms with Crippen LogP contribution >= 0.6 is 0 Å². The molecule has 0 bridgehead atoms. The maximum atomic E-state index is 12.4. The lowest BCUT2D eigenvalue weighted by Gasteiger charge is -2.11. The number of nitrogens with one attached hydrogen (secondary N) is 1. The number of methoxy groups -OCH3 is 2. The number of para-hydroxylation sites is 3. The number of ether oxygens (including phenoxy) is 3. The van der Waals surface area contributed by atoms with Crippen LogP contribution in [0.3, 0.4) is 0 Å². The molecule has 0 radical (unpaired) electrons. The first-order valence-corrected chi connectivity index (χ1v) is 12.8. The Morgan fingerprint density at radius 2 is 1.68 bits per heavy atom. The number of amides is 1. The van der Waals surface area contributed by atoms with Gasteiger partial charge >= 0.3 is 0 Å². The zero-order valence-electron chi connectivity index (χ0n) is 21.6. The Morgan fingerprint density at radius 1 is 0.892 bits per heavy atom. The van der Waals surface area contributed by atoms with E-state index in [2.05, 4.69) is 22.0 Å². The molecule has 7 nitrogen and oxygen atoms in total. The lowest BCUT2D eigenvalue weighted by molar-refractivity contribution is -0.120. The smallest absolute Gasteiger partial charge is 0.224 e. The summed E-state index contributed by atoms with van der Waals surface area (Å²) in [7, 11) is 3.19. The second-order valence-electron chi connectivity index (χ2n) is 8.86. The molecule has 194 valence electrons. The van der Waals surface area contributed by atoms with Crippen LogP contribution in [-0.2, 0) is 24.2 Å². The fourth-order valence-electron chi connectivity index (χ4n) is 4.39. The van der Waals surface area contributed by atoms with E-state index in [1.54, 1.807) is 14.2 Å². The summed E-state index contributed by atoms with van der Waals surface area (Å²) in [5.41, 5.74) is 3.04. The van der Waals surface area contributed by atoms with Crippen LogP contribution in [0.15, 0.2) is 72.8 Å². The largest absolute Gasteiger partial charge is 0.493 e. The molecule has 1 amide bonds. The van der Waals surface area contributed by atoms with Gasteiger partial charge in [-0.2, -0.15) is 0 Å². The van der Waals surface area contributed by atoms with E-state index in [4.69, 9.17) is 19.2 Å². The van der Waals surface area contributed by atoms with Gasteiger partial charge in [0.1, 0.15) is 18.2 Å². The molecular formula is C30H35N3O4. The number of benzene rings is 3. The zero-order chi connectivity index (χ0) is 25.9. The zero-order valence-corrected chi connectivity index (χ0v) is 21.6. The Labute approximate surface area is 218 Å². The number of imidazole rings is 1. The summed E-state index contributed by atoms with van der Waals surface area (Å²) in [5.74, 6) is 3.25. The lowest BCUT2D eigenvalue weighted by atomic mass is 10.1. The average molecular weight is 502 g/mol. The van der Waals surface area contributed by atoms with Gasteiger partial charge in [0.15, 0.2) is 11.5 Å². The van der Waals surface area contributed by atoms with E-state index < -0.39 is 0 Å². The van der Waals surface area contributed by atoms with Gasteiger partial charge in [-0.1, -0.05) is 42.8 Å². The fourth-order valence-corrected chi connectivity index (χ4v) is 4.39. The minimum atomic E-state index is 0.00688. The van der Waals surface area contributed by atoms with Gasteiger partial charge in [0.05, 0.1) is 38.2 Å². The van der Waals surface area contributed by atoms with E-state index in [0.29, 0.717) is 31.1 Å². The summed E-state index contributed by atoms with van der Waals surface area (Å²) in [6.07, 6.45) is 4.15. The van der Waals surface area contributed by atoms with Crippen molar-refractivity contribution in [1.29, 1.82) is 0 Å². The molecule has 37 heavy (non-hydrogen) atoms. The Morgan fingerprint density at radius 3 is 2.49 bits per heavy atom. The number of rotatable bonds is 14. The second-order valence-corrected chi connectivity index (χ2v) is 8.86. The third-order valence-electron chi connectivity index (χ3n) is 6.27. The number of carbonyl (C=O) groups excluding carboxylic acids is 1. The van der Waals surface area contributed by atoms with E-state index in [1.807, 2.05) is 60.7 Å². The number of aryl methyl sites for hydroxylation is 1. The molecule has 0 spiro atoms. The van der Waals surface area contributed by atoms with Crippen LogP contribution in [0, 0.1) is 0 Å². The van der Waals surface area contributed by atoms with Gasteiger partial charge in [0.2, 0.25) is 5.91 Å². The molecule has 4 aromatic rings. The summed E-state index contributed by atoms with van der Waals surface area (Å²) in [6, 6.07) is 23.7. The van der Waals surface area contributed by atoms with E-state index in [0.717, 1.165) is 60.4 Å². The molecule has 0 aliphatic carbocycles. The SMILES string of the molecule is COc1ccc(CC(=O)NCCCCCc2nc3ccccc3n2CCOc2ccccc2)cc1OC. The predicted molar refractivity (Wildman–Crippen MR) is 145 cm³/mol.